The molecule has 1 aromatic carbocycles. The minimum absolute atomic E-state index is 0.378. The quantitative estimate of drug-likeness (QED) is 0.738. The van der Waals surface area contributed by atoms with E-state index in [1.807, 2.05) is 12.1 Å². The lowest BCUT2D eigenvalue weighted by Gasteiger charge is -2.20. The molecule has 1 heterocycles. The van der Waals surface area contributed by atoms with Crippen molar-refractivity contribution in [1.29, 1.82) is 0 Å². The topological polar surface area (TPSA) is 70.2 Å². The minimum atomic E-state index is -3.45. The standard InChI is InChI=1S/C11H17N3O2S/c1-2-13-17(15,16)14-11-5-3-4-9-6-7-12-8-10(9)11/h3-5,12-14H,2,6-8H2,1H3. The number of benzene rings is 1. The molecule has 2 rings (SSSR count). The summed E-state index contributed by atoms with van der Waals surface area (Å²) < 4.78 is 28.3. The van der Waals surface area contributed by atoms with E-state index in [2.05, 4.69) is 14.8 Å². The summed E-state index contributed by atoms with van der Waals surface area (Å²) in [6.07, 6.45) is 0.937. The first-order valence-corrected chi connectivity index (χ1v) is 7.19. The molecule has 0 saturated heterocycles. The first kappa shape index (κ1) is 12.3. The van der Waals surface area contributed by atoms with Crippen LogP contribution in [0.3, 0.4) is 0 Å². The van der Waals surface area contributed by atoms with E-state index in [4.69, 9.17) is 0 Å². The Labute approximate surface area is 102 Å². The monoisotopic (exact) mass is 255 g/mol. The van der Waals surface area contributed by atoms with Crippen LogP contribution in [0.15, 0.2) is 18.2 Å². The van der Waals surface area contributed by atoms with E-state index in [0.717, 1.165) is 18.5 Å². The van der Waals surface area contributed by atoms with E-state index >= 15 is 0 Å². The van der Waals surface area contributed by atoms with Crippen LogP contribution in [0.25, 0.3) is 0 Å². The number of anilines is 1. The fraction of sp³-hybridized carbons (Fsp3) is 0.455. The molecular formula is C11H17N3O2S. The van der Waals surface area contributed by atoms with Crippen LogP contribution < -0.4 is 14.8 Å². The molecule has 0 unspecified atom stereocenters. The number of hydrogen-bond donors (Lipinski definition) is 3. The van der Waals surface area contributed by atoms with Gasteiger partial charge in [0.15, 0.2) is 0 Å². The van der Waals surface area contributed by atoms with E-state index in [9.17, 15) is 8.42 Å². The van der Waals surface area contributed by atoms with Crippen molar-refractivity contribution in [3.63, 3.8) is 0 Å². The largest absolute Gasteiger partial charge is 0.312 e. The lowest BCUT2D eigenvalue weighted by atomic mass is 10.00. The first-order chi connectivity index (χ1) is 8.12. The molecule has 0 aliphatic carbocycles. The van der Waals surface area contributed by atoms with Gasteiger partial charge in [0.25, 0.3) is 10.2 Å². The van der Waals surface area contributed by atoms with Gasteiger partial charge >= 0.3 is 0 Å². The second kappa shape index (κ2) is 5.03. The summed E-state index contributed by atoms with van der Waals surface area (Å²) in [6, 6.07) is 5.72. The smallest absolute Gasteiger partial charge is 0.299 e. The Morgan fingerprint density at radius 3 is 3.00 bits per heavy atom. The zero-order chi connectivity index (χ0) is 12.3. The van der Waals surface area contributed by atoms with E-state index in [-0.39, 0.29) is 0 Å². The third-order valence-electron chi connectivity index (χ3n) is 2.72. The van der Waals surface area contributed by atoms with Crippen LogP contribution >= 0.6 is 0 Å². The molecule has 1 aliphatic heterocycles. The summed E-state index contributed by atoms with van der Waals surface area (Å²) in [5.41, 5.74) is 2.91. The fourth-order valence-electron chi connectivity index (χ4n) is 1.98. The lowest BCUT2D eigenvalue weighted by Crippen LogP contribution is -2.31. The second-order valence-electron chi connectivity index (χ2n) is 3.97. The lowest BCUT2D eigenvalue weighted by molar-refractivity contribution is 0.589. The Hall–Kier alpha value is -1.11. The van der Waals surface area contributed by atoms with Gasteiger partial charge in [0.1, 0.15) is 0 Å². The van der Waals surface area contributed by atoms with Gasteiger partial charge in [-0.3, -0.25) is 4.72 Å². The Morgan fingerprint density at radius 1 is 1.41 bits per heavy atom. The van der Waals surface area contributed by atoms with Crippen LogP contribution in [0.4, 0.5) is 5.69 Å². The van der Waals surface area contributed by atoms with Crippen molar-refractivity contribution < 1.29 is 8.42 Å². The highest BCUT2D eigenvalue weighted by atomic mass is 32.2. The van der Waals surface area contributed by atoms with Gasteiger partial charge in [-0.1, -0.05) is 19.1 Å². The molecule has 3 N–H and O–H groups in total. The van der Waals surface area contributed by atoms with Gasteiger partial charge in [0.05, 0.1) is 5.69 Å². The Balaban J connectivity index is 2.27. The minimum Gasteiger partial charge on any atom is -0.312 e. The van der Waals surface area contributed by atoms with Crippen LogP contribution in [0, 0.1) is 0 Å². The third kappa shape index (κ3) is 2.96. The Bertz CT molecular complexity index is 499. The molecule has 94 valence electrons. The van der Waals surface area contributed by atoms with Gasteiger partial charge < -0.3 is 5.32 Å². The average Bonchev–Trinajstić information content (AvgIpc) is 2.29. The van der Waals surface area contributed by atoms with Crippen molar-refractivity contribution in [2.75, 3.05) is 17.8 Å². The van der Waals surface area contributed by atoms with Crippen LogP contribution in [0.5, 0.6) is 0 Å². The molecule has 0 aromatic heterocycles. The highest BCUT2D eigenvalue weighted by Crippen LogP contribution is 2.23. The number of rotatable bonds is 4. The van der Waals surface area contributed by atoms with Gasteiger partial charge in [-0.05, 0) is 30.2 Å². The molecule has 0 amide bonds. The van der Waals surface area contributed by atoms with Gasteiger partial charge in [0.2, 0.25) is 0 Å². The summed E-state index contributed by atoms with van der Waals surface area (Å²) in [7, 11) is -3.45. The van der Waals surface area contributed by atoms with Gasteiger partial charge in [-0.25, -0.2) is 0 Å². The van der Waals surface area contributed by atoms with Crippen LogP contribution in [0.1, 0.15) is 18.1 Å². The van der Waals surface area contributed by atoms with E-state index in [1.165, 1.54) is 5.56 Å². The van der Waals surface area contributed by atoms with Crippen molar-refractivity contribution >= 4 is 15.9 Å². The van der Waals surface area contributed by atoms with E-state index < -0.39 is 10.2 Å². The van der Waals surface area contributed by atoms with E-state index in [0.29, 0.717) is 18.8 Å². The molecule has 0 atom stereocenters. The zero-order valence-corrected chi connectivity index (χ0v) is 10.6. The van der Waals surface area contributed by atoms with Gasteiger partial charge in [0, 0.05) is 13.1 Å². The predicted octanol–water partition coefficient (Wildman–Crippen LogP) is 0.598. The van der Waals surface area contributed by atoms with Gasteiger partial charge in [-0.15, -0.1) is 0 Å². The number of fused-ring (bicyclic) bond motifs is 1. The molecule has 1 aromatic rings. The van der Waals surface area contributed by atoms with Crippen molar-refractivity contribution in [2.45, 2.75) is 19.9 Å². The fourth-order valence-corrected chi connectivity index (χ4v) is 2.91. The maximum Gasteiger partial charge on any atom is 0.299 e. The summed E-state index contributed by atoms with van der Waals surface area (Å²) in [4.78, 5) is 0. The molecule has 5 nitrogen and oxygen atoms in total. The predicted molar refractivity (Wildman–Crippen MR) is 68.1 cm³/mol. The molecule has 17 heavy (non-hydrogen) atoms. The van der Waals surface area contributed by atoms with Crippen molar-refractivity contribution in [3.8, 4) is 0 Å². The van der Waals surface area contributed by atoms with Crippen molar-refractivity contribution in [1.82, 2.24) is 10.0 Å². The maximum absolute atomic E-state index is 11.6. The third-order valence-corrected chi connectivity index (χ3v) is 3.88. The zero-order valence-electron chi connectivity index (χ0n) is 9.79. The highest BCUT2D eigenvalue weighted by Gasteiger charge is 2.15. The molecule has 0 fully saturated rings. The normalized spacial score (nSPS) is 15.4. The summed E-state index contributed by atoms with van der Waals surface area (Å²) >= 11 is 0. The first-order valence-electron chi connectivity index (χ1n) is 5.71. The number of hydrogen-bond acceptors (Lipinski definition) is 3. The summed E-state index contributed by atoms with van der Waals surface area (Å²) in [5, 5.41) is 3.24. The Kier molecular flexibility index (Phi) is 3.66. The average molecular weight is 255 g/mol. The molecule has 6 heteroatoms. The van der Waals surface area contributed by atoms with E-state index in [1.54, 1.807) is 13.0 Å². The summed E-state index contributed by atoms with van der Waals surface area (Å²) in [5.74, 6) is 0. The van der Waals surface area contributed by atoms with Gasteiger partial charge in [-0.2, -0.15) is 13.1 Å². The van der Waals surface area contributed by atoms with Crippen LogP contribution in [0.2, 0.25) is 0 Å². The SMILES string of the molecule is CCNS(=O)(=O)Nc1cccc2c1CNCC2. The summed E-state index contributed by atoms with van der Waals surface area (Å²) in [6.45, 7) is 3.78. The molecular weight excluding hydrogens is 238 g/mol. The highest BCUT2D eigenvalue weighted by molar-refractivity contribution is 7.90. The van der Waals surface area contributed by atoms with Crippen molar-refractivity contribution in [2.24, 2.45) is 0 Å². The second-order valence-corrected chi connectivity index (χ2v) is 5.47. The molecule has 0 bridgehead atoms. The Morgan fingerprint density at radius 2 is 2.24 bits per heavy atom. The van der Waals surface area contributed by atoms with Crippen LogP contribution in [-0.4, -0.2) is 21.5 Å². The van der Waals surface area contributed by atoms with Crippen LogP contribution in [-0.2, 0) is 23.2 Å². The van der Waals surface area contributed by atoms with Crippen molar-refractivity contribution in [3.05, 3.63) is 29.3 Å². The molecule has 0 radical (unpaired) electrons. The molecule has 0 saturated carbocycles. The molecule has 0 spiro atoms. The number of nitrogens with one attached hydrogen (secondary N) is 3. The molecule has 1 aliphatic rings. The maximum atomic E-state index is 11.6.